The van der Waals surface area contributed by atoms with Gasteiger partial charge in [0.05, 0.1) is 16.3 Å². The van der Waals surface area contributed by atoms with Crippen molar-refractivity contribution in [1.29, 1.82) is 0 Å². The zero-order chi connectivity index (χ0) is 22.3. The summed E-state index contributed by atoms with van der Waals surface area (Å²) < 4.78 is 0.877. The van der Waals surface area contributed by atoms with Crippen molar-refractivity contribution < 1.29 is 14.7 Å². The van der Waals surface area contributed by atoms with E-state index in [1.54, 1.807) is 0 Å². The summed E-state index contributed by atoms with van der Waals surface area (Å²) in [6.07, 6.45) is 2.60. The van der Waals surface area contributed by atoms with Gasteiger partial charge in [0.1, 0.15) is 0 Å². The van der Waals surface area contributed by atoms with Crippen molar-refractivity contribution in [2.75, 3.05) is 18.0 Å². The van der Waals surface area contributed by atoms with Gasteiger partial charge in [0.25, 0.3) is 0 Å². The van der Waals surface area contributed by atoms with Crippen molar-refractivity contribution in [3.05, 3.63) is 23.3 Å². The summed E-state index contributed by atoms with van der Waals surface area (Å²) in [6, 6.07) is 3.99. The minimum Gasteiger partial charge on any atom is -0.465 e. The van der Waals surface area contributed by atoms with E-state index in [-0.39, 0.29) is 23.2 Å². The number of hydrogen-bond acceptors (Lipinski definition) is 5. The first-order chi connectivity index (χ1) is 14.5. The predicted molar refractivity (Wildman–Crippen MR) is 123 cm³/mol. The molecule has 1 aromatic heterocycles. The lowest BCUT2D eigenvalue weighted by Crippen LogP contribution is -2.61. The number of benzene rings is 1. The number of carboxylic acid groups (broad SMARTS) is 1. The van der Waals surface area contributed by atoms with Crippen LogP contribution in [0.1, 0.15) is 69.8 Å². The third-order valence-corrected chi connectivity index (χ3v) is 8.70. The van der Waals surface area contributed by atoms with Crippen LogP contribution in [0.3, 0.4) is 0 Å². The Hall–Kier alpha value is -1.99. The number of nitrogens with zero attached hydrogens (tertiary/aromatic N) is 3. The Labute approximate surface area is 187 Å². The molecule has 1 amide bonds. The molecular weight excluding hydrogens is 410 g/mol. The van der Waals surface area contributed by atoms with Gasteiger partial charge in [-0.25, -0.2) is 14.7 Å². The van der Waals surface area contributed by atoms with Gasteiger partial charge < -0.3 is 5.11 Å². The number of likely N-dealkylation sites (tertiary alicyclic amines) is 1. The molecule has 7 heteroatoms. The molecule has 3 atom stereocenters. The molecule has 5 rings (SSSR count). The van der Waals surface area contributed by atoms with Gasteiger partial charge in [-0.15, -0.1) is 0 Å². The number of aromatic nitrogens is 1. The Morgan fingerprint density at radius 3 is 2.68 bits per heavy atom. The number of carbonyl (C=O) groups excluding carboxylic acids is 1. The molecule has 2 aromatic rings. The van der Waals surface area contributed by atoms with Crippen molar-refractivity contribution in [3.63, 3.8) is 0 Å². The molecule has 1 aromatic carbocycles. The zero-order valence-corrected chi connectivity index (χ0v) is 19.8. The number of anilines is 1. The lowest BCUT2D eigenvalue weighted by Gasteiger charge is -2.53. The molecule has 1 aliphatic heterocycles. The number of hydrogen-bond donors (Lipinski definition) is 1. The quantitative estimate of drug-likeness (QED) is 0.713. The van der Waals surface area contributed by atoms with Crippen LogP contribution in [0.5, 0.6) is 0 Å². The van der Waals surface area contributed by atoms with Gasteiger partial charge in [-0.3, -0.25) is 9.69 Å². The third kappa shape index (κ3) is 3.20. The lowest BCUT2D eigenvalue weighted by molar-refractivity contribution is 0.0267. The smallest absolute Gasteiger partial charge is 0.414 e. The van der Waals surface area contributed by atoms with Crippen LogP contribution in [0, 0.1) is 11.8 Å². The fraction of sp³-hybridized carbons (Fsp3) is 0.625. The third-order valence-electron chi connectivity index (χ3n) is 7.70. The number of thiazole rings is 1. The Morgan fingerprint density at radius 1 is 1.35 bits per heavy atom. The molecule has 0 radical (unpaired) electrons. The molecule has 1 N–H and O–H groups in total. The van der Waals surface area contributed by atoms with Crippen LogP contribution in [0.25, 0.3) is 10.2 Å². The standard InChI is InChI=1S/C24H31N3O3S/c1-13-19-20(28)15-10-18-17(25-21(31-18)27(22(29)30)23(2,3)4)11-16(15)24(13,5)8-9-26(19)12-14-6-7-14/h10-11,13-14,19H,6-9,12H2,1-5H3,(H,29,30)/t13-,19-,24+/m0/s1. The van der Waals surface area contributed by atoms with Crippen molar-refractivity contribution in [3.8, 4) is 0 Å². The first-order valence-electron chi connectivity index (χ1n) is 11.3. The highest BCUT2D eigenvalue weighted by atomic mass is 32.1. The lowest BCUT2D eigenvalue weighted by atomic mass is 9.58. The van der Waals surface area contributed by atoms with Crippen LogP contribution in [0.4, 0.5) is 9.93 Å². The zero-order valence-electron chi connectivity index (χ0n) is 18.9. The van der Waals surface area contributed by atoms with E-state index in [4.69, 9.17) is 4.98 Å². The van der Waals surface area contributed by atoms with Crippen molar-refractivity contribution in [2.45, 2.75) is 70.9 Å². The summed E-state index contributed by atoms with van der Waals surface area (Å²) in [5.74, 6) is 1.24. The largest absolute Gasteiger partial charge is 0.465 e. The molecule has 166 valence electrons. The molecule has 0 spiro atoms. The molecule has 2 heterocycles. The number of carbonyl (C=O) groups is 2. The highest BCUT2D eigenvalue weighted by Gasteiger charge is 2.53. The summed E-state index contributed by atoms with van der Waals surface area (Å²) in [5.41, 5.74) is 2.02. The normalized spacial score (nSPS) is 28.6. The highest BCUT2D eigenvalue weighted by Crippen LogP contribution is 2.50. The first-order valence-corrected chi connectivity index (χ1v) is 12.1. The maximum Gasteiger partial charge on any atom is 0.414 e. The Balaban J connectivity index is 1.61. The fourth-order valence-corrected chi connectivity index (χ4v) is 6.74. The highest BCUT2D eigenvalue weighted by molar-refractivity contribution is 7.22. The molecule has 31 heavy (non-hydrogen) atoms. The summed E-state index contributed by atoms with van der Waals surface area (Å²) in [7, 11) is 0. The monoisotopic (exact) mass is 441 g/mol. The van der Waals surface area contributed by atoms with E-state index < -0.39 is 11.6 Å². The van der Waals surface area contributed by atoms with Gasteiger partial charge in [-0.1, -0.05) is 25.2 Å². The van der Waals surface area contributed by atoms with E-state index in [9.17, 15) is 14.7 Å². The van der Waals surface area contributed by atoms with Crippen LogP contribution >= 0.6 is 11.3 Å². The molecule has 1 saturated heterocycles. The summed E-state index contributed by atoms with van der Waals surface area (Å²) in [4.78, 5) is 34.1. The van der Waals surface area contributed by atoms with Gasteiger partial charge in [-0.2, -0.15) is 0 Å². The van der Waals surface area contributed by atoms with Crippen molar-refractivity contribution in [1.82, 2.24) is 9.88 Å². The van der Waals surface area contributed by atoms with E-state index >= 15 is 0 Å². The number of piperidine rings is 1. The minimum atomic E-state index is -1.01. The average Bonchev–Trinajstić information content (AvgIpc) is 3.38. The molecular formula is C24H31N3O3S. The van der Waals surface area contributed by atoms with Gasteiger partial charge >= 0.3 is 6.09 Å². The average molecular weight is 442 g/mol. The second-order valence-electron chi connectivity index (χ2n) is 10.9. The minimum absolute atomic E-state index is 0.0539. The number of amides is 1. The molecule has 0 unspecified atom stereocenters. The van der Waals surface area contributed by atoms with Crippen molar-refractivity contribution >= 4 is 38.6 Å². The fourth-order valence-electron chi connectivity index (χ4n) is 5.57. The topological polar surface area (TPSA) is 73.7 Å². The van der Waals surface area contributed by atoms with Crippen LogP contribution in [0.15, 0.2) is 12.1 Å². The van der Waals surface area contributed by atoms with Gasteiger partial charge in [0.15, 0.2) is 10.9 Å². The molecule has 6 nitrogen and oxygen atoms in total. The second kappa shape index (κ2) is 6.75. The molecule has 3 aliphatic rings. The van der Waals surface area contributed by atoms with Crippen LogP contribution < -0.4 is 4.90 Å². The Kier molecular flexibility index (Phi) is 4.55. The molecule has 1 saturated carbocycles. The first kappa shape index (κ1) is 20.9. The molecule has 2 aliphatic carbocycles. The summed E-state index contributed by atoms with van der Waals surface area (Å²) in [6.45, 7) is 12.1. The van der Waals surface area contributed by atoms with Gasteiger partial charge in [0.2, 0.25) is 0 Å². The number of ketones is 1. The van der Waals surface area contributed by atoms with E-state index in [2.05, 4.69) is 24.8 Å². The molecule has 2 bridgehead atoms. The number of fused-ring (bicyclic) bond motifs is 5. The van der Waals surface area contributed by atoms with E-state index in [0.29, 0.717) is 5.13 Å². The summed E-state index contributed by atoms with van der Waals surface area (Å²) >= 11 is 1.35. The van der Waals surface area contributed by atoms with Gasteiger partial charge in [0, 0.05) is 17.6 Å². The predicted octanol–water partition coefficient (Wildman–Crippen LogP) is 5.15. The second-order valence-corrected chi connectivity index (χ2v) is 11.9. The maximum absolute atomic E-state index is 13.7. The Morgan fingerprint density at radius 2 is 2.06 bits per heavy atom. The van der Waals surface area contributed by atoms with E-state index in [0.717, 1.165) is 46.8 Å². The van der Waals surface area contributed by atoms with Crippen LogP contribution in [0.2, 0.25) is 0 Å². The Bertz CT molecular complexity index is 1080. The van der Waals surface area contributed by atoms with Crippen molar-refractivity contribution in [2.24, 2.45) is 11.8 Å². The van der Waals surface area contributed by atoms with E-state index in [1.807, 2.05) is 26.8 Å². The maximum atomic E-state index is 13.7. The SMILES string of the molecule is C[C@H]1[C@H]2C(=O)c3cc4sc(N(C(=O)O)C(C)(C)C)nc4cc3[C@]1(C)CCN2CC1CC1. The number of rotatable bonds is 3. The summed E-state index contributed by atoms with van der Waals surface area (Å²) in [5, 5.41) is 10.2. The van der Waals surface area contributed by atoms with Crippen LogP contribution in [-0.4, -0.2) is 51.5 Å². The molecule has 2 fully saturated rings. The van der Waals surface area contributed by atoms with Crippen LogP contribution in [-0.2, 0) is 5.41 Å². The number of Topliss-reactive ketones (excluding diaryl/α,β-unsaturated/α-hetero) is 1. The van der Waals surface area contributed by atoms with Gasteiger partial charge in [-0.05, 0) is 81.5 Å². The van der Waals surface area contributed by atoms with E-state index in [1.165, 1.54) is 29.1 Å².